The van der Waals surface area contributed by atoms with Gasteiger partial charge in [0.25, 0.3) is 0 Å². The first kappa shape index (κ1) is 16.7. The fourth-order valence-electron chi connectivity index (χ4n) is 2.88. The zero-order chi connectivity index (χ0) is 13.2. The number of carbonyl (C=O) groups is 1. The van der Waals surface area contributed by atoms with Gasteiger partial charge < -0.3 is 20.1 Å². The summed E-state index contributed by atoms with van der Waals surface area (Å²) in [4.78, 5) is 14.2. The highest BCUT2D eigenvalue weighted by molar-refractivity contribution is 5.86. The highest BCUT2D eigenvalue weighted by Gasteiger charge is 2.44. The molecule has 1 unspecified atom stereocenters. The third kappa shape index (κ3) is 3.60. The normalized spacial score (nSPS) is 24.9. The van der Waals surface area contributed by atoms with Crippen LogP contribution in [-0.4, -0.2) is 48.4 Å². The predicted octanol–water partition coefficient (Wildman–Crippen LogP) is 1.29. The van der Waals surface area contributed by atoms with Crippen LogP contribution in [0, 0.1) is 0 Å². The molecule has 2 heterocycles. The Morgan fingerprint density at radius 3 is 2.63 bits per heavy atom. The van der Waals surface area contributed by atoms with Crippen LogP contribution in [0.4, 0.5) is 0 Å². The summed E-state index contributed by atoms with van der Waals surface area (Å²) >= 11 is 0. The van der Waals surface area contributed by atoms with Crippen LogP contribution in [0.1, 0.15) is 39.5 Å². The molecule has 2 fully saturated rings. The van der Waals surface area contributed by atoms with Crippen LogP contribution in [0.2, 0.25) is 0 Å². The standard InChI is InChI=1S/C13H24N2O3.ClH/c1-3-5-12(2,14)11(16)15-7-4-6-13(10-15)17-8-9-18-13;/h3-10,14H2,1-2H3;1H. The molecule has 0 aromatic rings. The summed E-state index contributed by atoms with van der Waals surface area (Å²) in [5.41, 5.74) is 5.34. The lowest BCUT2D eigenvalue weighted by molar-refractivity contribution is -0.194. The molecule has 0 saturated carbocycles. The Morgan fingerprint density at radius 1 is 1.42 bits per heavy atom. The van der Waals surface area contributed by atoms with Crippen LogP contribution in [0.15, 0.2) is 0 Å². The Balaban J connectivity index is 0.00000180. The van der Waals surface area contributed by atoms with Crippen LogP contribution < -0.4 is 5.73 Å². The minimum absolute atomic E-state index is 0. The first-order valence-corrected chi connectivity index (χ1v) is 6.85. The fourth-order valence-corrected chi connectivity index (χ4v) is 2.88. The largest absolute Gasteiger partial charge is 0.346 e. The van der Waals surface area contributed by atoms with Gasteiger partial charge in [-0.2, -0.15) is 0 Å². The first-order valence-electron chi connectivity index (χ1n) is 6.85. The van der Waals surface area contributed by atoms with E-state index in [2.05, 4.69) is 0 Å². The van der Waals surface area contributed by atoms with E-state index in [4.69, 9.17) is 15.2 Å². The molecular formula is C13H25ClN2O3. The SMILES string of the molecule is CCCC(C)(N)C(=O)N1CCCC2(C1)OCCO2.Cl. The number of rotatable bonds is 3. The van der Waals surface area contributed by atoms with E-state index >= 15 is 0 Å². The summed E-state index contributed by atoms with van der Waals surface area (Å²) in [5, 5.41) is 0. The van der Waals surface area contributed by atoms with Crippen molar-refractivity contribution in [1.29, 1.82) is 0 Å². The van der Waals surface area contributed by atoms with Gasteiger partial charge >= 0.3 is 0 Å². The second-order valence-electron chi connectivity index (χ2n) is 5.61. The minimum Gasteiger partial charge on any atom is -0.346 e. The Labute approximate surface area is 121 Å². The highest BCUT2D eigenvalue weighted by atomic mass is 35.5. The van der Waals surface area contributed by atoms with Crippen molar-refractivity contribution in [3.8, 4) is 0 Å². The van der Waals surface area contributed by atoms with Crippen molar-refractivity contribution in [1.82, 2.24) is 4.90 Å². The molecule has 2 N–H and O–H groups in total. The second kappa shape index (κ2) is 6.39. The maximum absolute atomic E-state index is 12.4. The number of piperidine rings is 1. The molecule has 5 nitrogen and oxygen atoms in total. The molecule has 19 heavy (non-hydrogen) atoms. The molecule has 2 aliphatic heterocycles. The molecule has 2 aliphatic rings. The van der Waals surface area contributed by atoms with Gasteiger partial charge in [-0.15, -0.1) is 12.4 Å². The van der Waals surface area contributed by atoms with Crippen LogP contribution in [0.5, 0.6) is 0 Å². The number of hydrogen-bond donors (Lipinski definition) is 1. The van der Waals surface area contributed by atoms with Crippen LogP contribution >= 0.6 is 12.4 Å². The van der Waals surface area contributed by atoms with Crippen molar-refractivity contribution >= 4 is 18.3 Å². The van der Waals surface area contributed by atoms with Crippen molar-refractivity contribution in [3.05, 3.63) is 0 Å². The van der Waals surface area contributed by atoms with Gasteiger partial charge in [0.05, 0.1) is 25.3 Å². The van der Waals surface area contributed by atoms with Gasteiger partial charge in [-0.1, -0.05) is 13.3 Å². The monoisotopic (exact) mass is 292 g/mol. The van der Waals surface area contributed by atoms with Gasteiger partial charge in [-0.25, -0.2) is 0 Å². The quantitative estimate of drug-likeness (QED) is 0.851. The molecule has 1 amide bonds. The van der Waals surface area contributed by atoms with Gasteiger partial charge in [0.15, 0.2) is 5.79 Å². The molecular weight excluding hydrogens is 268 g/mol. The van der Waals surface area contributed by atoms with Crippen molar-refractivity contribution in [2.45, 2.75) is 50.9 Å². The number of carbonyl (C=O) groups excluding carboxylic acids is 1. The number of hydrogen-bond acceptors (Lipinski definition) is 4. The van der Waals surface area contributed by atoms with Gasteiger partial charge in [0.2, 0.25) is 5.91 Å². The Hall–Kier alpha value is -0.360. The molecule has 112 valence electrons. The van der Waals surface area contributed by atoms with Crippen molar-refractivity contribution in [2.75, 3.05) is 26.3 Å². The third-order valence-corrected chi connectivity index (χ3v) is 3.78. The third-order valence-electron chi connectivity index (χ3n) is 3.78. The van der Waals surface area contributed by atoms with E-state index < -0.39 is 11.3 Å². The van der Waals surface area contributed by atoms with E-state index in [0.29, 0.717) is 26.2 Å². The predicted molar refractivity (Wildman–Crippen MR) is 75.2 cm³/mol. The molecule has 2 saturated heterocycles. The lowest BCUT2D eigenvalue weighted by atomic mass is 9.93. The molecule has 0 radical (unpaired) electrons. The summed E-state index contributed by atoms with van der Waals surface area (Å²) in [5.74, 6) is -0.543. The molecule has 1 spiro atoms. The van der Waals surface area contributed by atoms with Gasteiger partial charge in [-0.05, 0) is 19.8 Å². The van der Waals surface area contributed by atoms with E-state index in [1.807, 2.05) is 18.7 Å². The summed E-state index contributed by atoms with van der Waals surface area (Å²) in [6, 6.07) is 0. The highest BCUT2D eigenvalue weighted by Crippen LogP contribution is 2.31. The zero-order valence-corrected chi connectivity index (χ0v) is 12.6. The van der Waals surface area contributed by atoms with Crippen molar-refractivity contribution in [2.24, 2.45) is 5.73 Å². The second-order valence-corrected chi connectivity index (χ2v) is 5.61. The maximum atomic E-state index is 12.4. The van der Waals surface area contributed by atoms with Gasteiger partial charge in [-0.3, -0.25) is 4.79 Å². The van der Waals surface area contributed by atoms with Crippen molar-refractivity contribution < 1.29 is 14.3 Å². The summed E-state index contributed by atoms with van der Waals surface area (Å²) in [6.07, 6.45) is 3.39. The lowest BCUT2D eigenvalue weighted by Crippen LogP contribution is -2.59. The molecule has 0 aromatic heterocycles. The van der Waals surface area contributed by atoms with E-state index in [9.17, 15) is 4.79 Å². The lowest BCUT2D eigenvalue weighted by Gasteiger charge is -2.41. The molecule has 6 heteroatoms. The molecule has 0 aromatic carbocycles. The number of likely N-dealkylation sites (tertiary alicyclic amines) is 1. The Morgan fingerprint density at radius 2 is 2.05 bits per heavy atom. The maximum Gasteiger partial charge on any atom is 0.242 e. The molecule has 1 atom stereocenters. The van der Waals surface area contributed by atoms with Crippen LogP contribution in [-0.2, 0) is 14.3 Å². The topological polar surface area (TPSA) is 64.8 Å². The summed E-state index contributed by atoms with van der Waals surface area (Å²) < 4.78 is 11.4. The minimum atomic E-state index is -0.772. The van der Waals surface area contributed by atoms with E-state index in [1.165, 1.54) is 0 Å². The van der Waals surface area contributed by atoms with E-state index in [1.54, 1.807) is 0 Å². The Kier molecular flexibility index (Phi) is 5.62. The average Bonchev–Trinajstić information content (AvgIpc) is 2.76. The average molecular weight is 293 g/mol. The number of nitrogens with two attached hydrogens (primary N) is 1. The van der Waals surface area contributed by atoms with Gasteiger partial charge in [0.1, 0.15) is 0 Å². The Bertz CT molecular complexity index is 317. The molecule has 2 rings (SSSR count). The number of ether oxygens (including phenoxy) is 2. The number of nitrogens with zero attached hydrogens (tertiary/aromatic N) is 1. The van der Waals surface area contributed by atoms with Crippen molar-refractivity contribution in [3.63, 3.8) is 0 Å². The summed E-state index contributed by atoms with van der Waals surface area (Å²) in [7, 11) is 0. The smallest absolute Gasteiger partial charge is 0.242 e. The molecule has 0 aliphatic carbocycles. The van der Waals surface area contributed by atoms with Crippen LogP contribution in [0.3, 0.4) is 0 Å². The zero-order valence-electron chi connectivity index (χ0n) is 11.8. The summed E-state index contributed by atoms with van der Waals surface area (Å²) in [6.45, 7) is 6.37. The van der Waals surface area contributed by atoms with Crippen LogP contribution in [0.25, 0.3) is 0 Å². The first-order chi connectivity index (χ1) is 8.49. The number of amides is 1. The molecule has 0 bridgehead atoms. The fraction of sp³-hybridized carbons (Fsp3) is 0.923. The van der Waals surface area contributed by atoms with Gasteiger partial charge in [0, 0.05) is 13.0 Å². The van der Waals surface area contributed by atoms with E-state index in [-0.39, 0.29) is 18.3 Å². The van der Waals surface area contributed by atoms with E-state index in [0.717, 1.165) is 25.8 Å². The number of halogens is 1.